The van der Waals surface area contributed by atoms with Crippen LogP contribution in [0.1, 0.15) is 148 Å². The number of nitrogens with zero attached hydrogens (tertiary/aromatic N) is 3. The molecule has 3 saturated heterocycles. The first-order valence-electron chi connectivity index (χ1n) is 26.4. The number of likely N-dealkylation sites (tertiary alicyclic amines) is 2. The van der Waals surface area contributed by atoms with E-state index in [0.29, 0.717) is 18.5 Å². The van der Waals surface area contributed by atoms with E-state index in [0.717, 1.165) is 62.0 Å². The normalized spacial score (nSPS) is 27.0. The molecule has 1 spiro atoms. The molecule has 3 aromatic rings. The highest BCUT2D eigenvalue weighted by Gasteiger charge is 2.51. The number of carbonyl (C=O) groups excluding carboxylic acids is 5. The van der Waals surface area contributed by atoms with Crippen molar-refractivity contribution in [3.8, 4) is 22.4 Å². The van der Waals surface area contributed by atoms with E-state index >= 15 is 0 Å². The van der Waals surface area contributed by atoms with E-state index < -0.39 is 24.3 Å². The molecule has 15 nitrogen and oxygen atoms in total. The third-order valence-electron chi connectivity index (χ3n) is 17.2. The quantitative estimate of drug-likeness (QED) is 0.126. The van der Waals surface area contributed by atoms with Crippen LogP contribution in [0.2, 0.25) is 0 Å². The summed E-state index contributed by atoms with van der Waals surface area (Å²) in [5, 5.41) is 12.7. The molecule has 8 atom stereocenters. The Morgan fingerprint density at radius 2 is 1.35 bits per heavy atom. The van der Waals surface area contributed by atoms with E-state index in [1.807, 2.05) is 43.7 Å². The molecule has 1 aromatic heterocycles. The number of rotatable bonds is 11. The van der Waals surface area contributed by atoms with Gasteiger partial charge in [0, 0.05) is 19.1 Å². The van der Waals surface area contributed by atoms with Gasteiger partial charge >= 0.3 is 12.2 Å². The molecule has 2 aromatic carbocycles. The van der Waals surface area contributed by atoms with Crippen molar-refractivity contribution in [2.45, 2.75) is 168 Å². The summed E-state index contributed by atoms with van der Waals surface area (Å²) in [6.45, 7) is 17.4. The van der Waals surface area contributed by atoms with Crippen LogP contribution in [0, 0.1) is 34.0 Å². The number of fused-ring (bicyclic) bond motifs is 2. The zero-order valence-corrected chi connectivity index (χ0v) is 43.7. The van der Waals surface area contributed by atoms with Gasteiger partial charge in [0.25, 0.3) is 0 Å². The second kappa shape index (κ2) is 19.5. The van der Waals surface area contributed by atoms with Crippen LogP contribution in [-0.2, 0) is 36.7 Å². The summed E-state index contributed by atoms with van der Waals surface area (Å²) in [6, 6.07) is 11.5. The average Bonchev–Trinajstić information content (AvgIpc) is 4.19. The summed E-state index contributed by atoms with van der Waals surface area (Å²) in [5.74, 6) is 0.326. The van der Waals surface area contributed by atoms with Gasteiger partial charge in [-0.2, -0.15) is 0 Å². The number of carbonyl (C=O) groups is 5. The minimum Gasteiger partial charge on any atom is -0.453 e. The molecule has 71 heavy (non-hydrogen) atoms. The van der Waals surface area contributed by atoms with Gasteiger partial charge in [0.1, 0.15) is 24.1 Å². The summed E-state index contributed by atoms with van der Waals surface area (Å²) in [5.41, 5.74) is 8.77. The van der Waals surface area contributed by atoms with E-state index in [4.69, 9.17) is 14.5 Å². The number of aromatic nitrogens is 2. The monoisotopic (exact) mass is 975 g/mol. The van der Waals surface area contributed by atoms with Crippen molar-refractivity contribution in [3.05, 3.63) is 65.1 Å². The van der Waals surface area contributed by atoms with E-state index in [1.54, 1.807) is 0 Å². The van der Waals surface area contributed by atoms with Crippen LogP contribution in [0.5, 0.6) is 0 Å². The van der Waals surface area contributed by atoms with Crippen LogP contribution in [0.4, 0.5) is 9.59 Å². The number of H-pyrrole nitrogens is 1. The number of ether oxygens (including phenoxy) is 2. The second-order valence-electron chi connectivity index (χ2n) is 24.3. The Labute approximate surface area is 420 Å². The number of hydrogen-bond acceptors (Lipinski definition) is 9. The van der Waals surface area contributed by atoms with Crippen LogP contribution < -0.4 is 21.3 Å². The number of imidazole rings is 1. The van der Waals surface area contributed by atoms with Gasteiger partial charge in [0.15, 0.2) is 0 Å². The molecule has 3 aliphatic carbocycles. The number of aromatic amines is 1. The fourth-order valence-corrected chi connectivity index (χ4v) is 13.6. The zero-order valence-electron chi connectivity index (χ0n) is 43.7. The minimum atomic E-state index is -0.737. The molecule has 384 valence electrons. The maximum atomic E-state index is 14.3. The number of hydrogen-bond donors (Lipinski definition) is 5. The van der Waals surface area contributed by atoms with E-state index in [9.17, 15) is 24.0 Å². The fourth-order valence-electron chi connectivity index (χ4n) is 13.6. The maximum absolute atomic E-state index is 14.3. The smallest absolute Gasteiger partial charge is 0.407 e. The molecule has 15 heteroatoms. The van der Waals surface area contributed by atoms with Crippen LogP contribution in [0.25, 0.3) is 22.4 Å². The predicted molar refractivity (Wildman–Crippen MR) is 272 cm³/mol. The SMILES string of the molecule is COC(=O)N[C@H](C(=O)N1CC(C)(C)C[C@H]1c1ncc(-c2ccc(-c3ccc(C4CCC5NC([C@@H]6CC(C)(C)CN6C(=O)[C@@H](NC(=O)OC)C(C)C)NC(=O)C5C4)c4c3CC3(CCCC3)C4)cc2)[nH]1)C(C)C. The number of methoxy groups -OCH3 is 2. The molecular weight excluding hydrogens is 897 g/mol. The van der Waals surface area contributed by atoms with Crippen molar-refractivity contribution in [2.24, 2.45) is 34.0 Å². The summed E-state index contributed by atoms with van der Waals surface area (Å²) in [4.78, 5) is 79.1. The number of amides is 5. The molecular formula is C56H78N8O7. The minimum absolute atomic E-state index is 0.0109. The average molecular weight is 975 g/mol. The van der Waals surface area contributed by atoms with Crippen molar-refractivity contribution < 1.29 is 33.4 Å². The molecule has 0 bridgehead atoms. The Balaban J connectivity index is 0.917. The molecule has 2 saturated carbocycles. The van der Waals surface area contributed by atoms with Crippen LogP contribution in [-0.4, -0.2) is 107 Å². The van der Waals surface area contributed by atoms with Crippen LogP contribution >= 0.6 is 0 Å². The Kier molecular flexibility index (Phi) is 13.9. The topological polar surface area (TPSA) is 187 Å². The molecule has 6 aliphatic rings. The molecule has 3 aliphatic heterocycles. The summed E-state index contributed by atoms with van der Waals surface area (Å²) < 4.78 is 9.72. The third kappa shape index (κ3) is 10.1. The van der Waals surface area contributed by atoms with Crippen molar-refractivity contribution in [1.29, 1.82) is 0 Å². The lowest BCUT2D eigenvalue weighted by Crippen LogP contribution is -2.68. The predicted octanol–water partition coefficient (Wildman–Crippen LogP) is 8.39. The van der Waals surface area contributed by atoms with Gasteiger partial charge in [0.05, 0.1) is 44.1 Å². The van der Waals surface area contributed by atoms with Crippen LogP contribution in [0.15, 0.2) is 42.6 Å². The van der Waals surface area contributed by atoms with Crippen molar-refractivity contribution in [1.82, 2.24) is 41.0 Å². The van der Waals surface area contributed by atoms with Gasteiger partial charge in [-0.15, -0.1) is 0 Å². The first-order chi connectivity index (χ1) is 33.7. The fraction of sp³-hybridized carbons (Fsp3) is 0.643. The van der Waals surface area contributed by atoms with Crippen LogP contribution in [0.3, 0.4) is 0 Å². The van der Waals surface area contributed by atoms with E-state index in [-0.39, 0.29) is 76.5 Å². The van der Waals surface area contributed by atoms with Gasteiger partial charge in [0.2, 0.25) is 17.7 Å². The van der Waals surface area contributed by atoms with Crippen molar-refractivity contribution in [2.75, 3.05) is 27.3 Å². The van der Waals surface area contributed by atoms with Gasteiger partial charge in [-0.3, -0.25) is 19.7 Å². The van der Waals surface area contributed by atoms with Gasteiger partial charge in [-0.05, 0) is 125 Å². The first kappa shape index (κ1) is 50.5. The number of benzene rings is 2. The molecule has 9 rings (SSSR count). The first-order valence-corrected chi connectivity index (χ1v) is 26.4. The molecule has 0 radical (unpaired) electrons. The highest BCUT2D eigenvalue weighted by molar-refractivity contribution is 5.88. The van der Waals surface area contributed by atoms with E-state index in [2.05, 4.69) is 90.3 Å². The zero-order chi connectivity index (χ0) is 50.7. The Morgan fingerprint density at radius 3 is 1.99 bits per heavy atom. The third-order valence-corrected chi connectivity index (χ3v) is 17.2. The van der Waals surface area contributed by atoms with E-state index in [1.165, 1.54) is 67.7 Å². The maximum Gasteiger partial charge on any atom is 0.407 e. The molecule has 5 amide bonds. The molecule has 5 fully saturated rings. The summed E-state index contributed by atoms with van der Waals surface area (Å²) in [6.07, 6.45) is 11.5. The number of nitrogens with one attached hydrogen (secondary N) is 5. The lowest BCUT2D eigenvalue weighted by atomic mass is 9.72. The van der Waals surface area contributed by atoms with Crippen molar-refractivity contribution >= 4 is 29.9 Å². The Hall–Kier alpha value is -5.44. The second-order valence-corrected chi connectivity index (χ2v) is 24.3. The Morgan fingerprint density at radius 1 is 0.761 bits per heavy atom. The number of alkyl carbamates (subject to hydrolysis) is 2. The molecule has 5 N–H and O–H groups in total. The Bertz CT molecular complexity index is 2510. The highest BCUT2D eigenvalue weighted by Crippen LogP contribution is 2.54. The largest absolute Gasteiger partial charge is 0.453 e. The molecule has 4 unspecified atom stereocenters. The van der Waals surface area contributed by atoms with Gasteiger partial charge in [-0.1, -0.05) is 105 Å². The lowest BCUT2D eigenvalue weighted by molar-refractivity contribution is -0.139. The lowest BCUT2D eigenvalue weighted by Gasteiger charge is -2.46. The molecule has 4 heterocycles. The highest BCUT2D eigenvalue weighted by atomic mass is 16.5. The standard InChI is InChI=1S/C56H78N8O7/c1-31(2)45(60-52(68)70-9)50(66)63-29-54(5,6)26-43(63)47-57-28-42(59-47)34-15-13-33(14-16-34)36-18-19-37(40-25-56(24-39(36)40)21-11-12-22-56)35-17-20-41-38(23-35)49(65)62-48(58-41)44-27-55(7,8)30-64(44)51(67)46(32(3)4)61-53(69)71-10/h13-16,18-19,28,31-32,35,38,41,43-46,48,58H,11-12,17,20-27,29-30H2,1-10H3,(H,57,59)(H,60,68)(H,61,69)(H,62,65)/t35?,38?,41?,43-,44-,45-,46-,48?/m0/s1. The summed E-state index contributed by atoms with van der Waals surface area (Å²) in [7, 11) is 2.61. The van der Waals surface area contributed by atoms with Gasteiger partial charge < -0.3 is 40.2 Å². The van der Waals surface area contributed by atoms with Crippen molar-refractivity contribution in [3.63, 3.8) is 0 Å². The van der Waals surface area contributed by atoms with Gasteiger partial charge in [-0.25, -0.2) is 14.6 Å². The summed E-state index contributed by atoms with van der Waals surface area (Å²) >= 11 is 0.